The first kappa shape index (κ1) is 12.2. The number of hydrogen-bond acceptors (Lipinski definition) is 4. The summed E-state index contributed by atoms with van der Waals surface area (Å²) in [6, 6.07) is 6.96. The molecule has 0 amide bonds. The monoisotopic (exact) mass is 246 g/mol. The molecule has 0 aliphatic carbocycles. The van der Waals surface area contributed by atoms with Crippen LogP contribution in [0.25, 0.3) is 0 Å². The average Bonchev–Trinajstić information content (AvgIpc) is 2.77. The molecule has 0 unspecified atom stereocenters. The number of carbonyl (C=O) groups is 1. The summed E-state index contributed by atoms with van der Waals surface area (Å²) in [5.41, 5.74) is 1.45. The third kappa shape index (κ3) is 2.37. The number of carbonyl (C=O) groups excluding carboxylic acids is 1. The maximum atomic E-state index is 11.9. The Hall–Kier alpha value is -2.23. The van der Waals surface area contributed by atoms with E-state index in [0.29, 0.717) is 22.8 Å². The molecular formula is C14H14O4. The molecule has 4 heteroatoms. The van der Waals surface area contributed by atoms with Crippen molar-refractivity contribution in [2.24, 2.45) is 0 Å². The third-order valence-electron chi connectivity index (χ3n) is 2.60. The molecule has 4 nitrogen and oxygen atoms in total. The molecule has 0 saturated heterocycles. The molecule has 2 aromatic rings. The van der Waals surface area contributed by atoms with E-state index in [1.54, 1.807) is 19.1 Å². The van der Waals surface area contributed by atoms with Crippen LogP contribution in [0.1, 0.15) is 21.7 Å². The molecule has 0 spiro atoms. The van der Waals surface area contributed by atoms with Gasteiger partial charge in [-0.25, -0.2) is 4.79 Å². The van der Waals surface area contributed by atoms with Crippen molar-refractivity contribution in [1.82, 2.24) is 0 Å². The van der Waals surface area contributed by atoms with E-state index in [-0.39, 0.29) is 0 Å². The lowest BCUT2D eigenvalue weighted by Gasteiger charge is -2.09. The first-order valence-corrected chi connectivity index (χ1v) is 5.52. The van der Waals surface area contributed by atoms with E-state index in [2.05, 4.69) is 0 Å². The predicted molar refractivity (Wildman–Crippen MR) is 66.1 cm³/mol. The van der Waals surface area contributed by atoms with Crippen molar-refractivity contribution >= 4 is 5.97 Å². The molecule has 94 valence electrons. The van der Waals surface area contributed by atoms with E-state index in [0.717, 1.165) is 5.56 Å². The minimum Gasteiger partial charge on any atom is -0.493 e. The van der Waals surface area contributed by atoms with Gasteiger partial charge in [-0.05, 0) is 37.6 Å². The Morgan fingerprint density at radius 3 is 2.56 bits per heavy atom. The number of hydrogen-bond donors (Lipinski definition) is 0. The predicted octanol–water partition coefficient (Wildman–Crippen LogP) is 3.12. The van der Waals surface area contributed by atoms with E-state index in [1.807, 2.05) is 19.1 Å². The summed E-state index contributed by atoms with van der Waals surface area (Å²) in [5, 5.41) is 0. The number of rotatable bonds is 3. The van der Waals surface area contributed by atoms with Crippen molar-refractivity contribution in [2.45, 2.75) is 13.8 Å². The van der Waals surface area contributed by atoms with Crippen LogP contribution in [0.15, 0.2) is 34.9 Å². The average molecular weight is 246 g/mol. The van der Waals surface area contributed by atoms with Crippen molar-refractivity contribution in [3.63, 3.8) is 0 Å². The molecule has 1 heterocycles. The minimum atomic E-state index is -0.455. The van der Waals surface area contributed by atoms with Crippen LogP contribution in [-0.2, 0) is 0 Å². The van der Waals surface area contributed by atoms with Gasteiger partial charge in [0.15, 0.2) is 11.5 Å². The molecule has 1 aromatic carbocycles. The molecule has 0 saturated carbocycles. The van der Waals surface area contributed by atoms with Gasteiger partial charge in [-0.3, -0.25) is 0 Å². The highest BCUT2D eigenvalue weighted by atomic mass is 16.6. The Morgan fingerprint density at radius 1 is 1.17 bits per heavy atom. The second-order valence-corrected chi connectivity index (χ2v) is 3.93. The lowest BCUT2D eigenvalue weighted by molar-refractivity contribution is 0.0728. The third-order valence-corrected chi connectivity index (χ3v) is 2.60. The van der Waals surface area contributed by atoms with Gasteiger partial charge in [-0.1, -0.05) is 6.07 Å². The van der Waals surface area contributed by atoms with Gasteiger partial charge >= 0.3 is 5.97 Å². The van der Waals surface area contributed by atoms with Crippen LogP contribution in [-0.4, -0.2) is 13.1 Å². The molecule has 0 atom stereocenters. The molecule has 1 aromatic heterocycles. The van der Waals surface area contributed by atoms with E-state index >= 15 is 0 Å². The minimum absolute atomic E-state index is 0.397. The Kier molecular flexibility index (Phi) is 3.37. The van der Waals surface area contributed by atoms with Gasteiger partial charge in [0.25, 0.3) is 0 Å². The molecule has 0 radical (unpaired) electrons. The molecule has 18 heavy (non-hydrogen) atoms. The van der Waals surface area contributed by atoms with Crippen LogP contribution in [0.5, 0.6) is 11.5 Å². The normalized spacial score (nSPS) is 10.2. The Balaban J connectivity index is 2.24. The number of ether oxygens (including phenoxy) is 2. The molecule has 0 bridgehead atoms. The van der Waals surface area contributed by atoms with Crippen molar-refractivity contribution in [1.29, 1.82) is 0 Å². The van der Waals surface area contributed by atoms with Gasteiger partial charge in [-0.15, -0.1) is 0 Å². The Bertz CT molecular complexity index is 569. The summed E-state index contributed by atoms with van der Waals surface area (Å²) >= 11 is 0. The quantitative estimate of drug-likeness (QED) is 0.616. The SMILES string of the molecule is COc1cc(C)ccc1OC(=O)c1ccoc1C. The van der Waals surface area contributed by atoms with Gasteiger partial charge in [0.2, 0.25) is 0 Å². The smallest absolute Gasteiger partial charge is 0.347 e. The number of furan rings is 1. The zero-order valence-corrected chi connectivity index (χ0v) is 10.5. The van der Waals surface area contributed by atoms with Crippen LogP contribution >= 0.6 is 0 Å². The summed E-state index contributed by atoms with van der Waals surface area (Å²) in [4.78, 5) is 11.9. The fourth-order valence-electron chi connectivity index (χ4n) is 1.61. The first-order chi connectivity index (χ1) is 8.61. The van der Waals surface area contributed by atoms with Crippen LogP contribution in [0.3, 0.4) is 0 Å². The molecular weight excluding hydrogens is 232 g/mol. The van der Waals surface area contributed by atoms with E-state index < -0.39 is 5.97 Å². The molecule has 0 N–H and O–H groups in total. The van der Waals surface area contributed by atoms with Crippen molar-refractivity contribution in [2.75, 3.05) is 7.11 Å². The molecule has 0 fully saturated rings. The highest BCUT2D eigenvalue weighted by Crippen LogP contribution is 2.28. The summed E-state index contributed by atoms with van der Waals surface area (Å²) in [5.74, 6) is 1.01. The second kappa shape index (κ2) is 4.96. The van der Waals surface area contributed by atoms with Gasteiger partial charge in [0, 0.05) is 0 Å². The van der Waals surface area contributed by atoms with E-state index in [1.165, 1.54) is 13.4 Å². The summed E-state index contributed by atoms with van der Waals surface area (Å²) in [6.45, 7) is 3.65. The number of methoxy groups -OCH3 is 1. The van der Waals surface area contributed by atoms with Crippen molar-refractivity contribution in [3.8, 4) is 11.5 Å². The molecule has 0 aliphatic rings. The van der Waals surface area contributed by atoms with Gasteiger partial charge in [0.05, 0.1) is 13.4 Å². The summed E-state index contributed by atoms with van der Waals surface area (Å²) < 4.78 is 15.5. The second-order valence-electron chi connectivity index (χ2n) is 3.93. The first-order valence-electron chi connectivity index (χ1n) is 5.52. The van der Waals surface area contributed by atoms with Crippen molar-refractivity contribution < 1.29 is 18.7 Å². The standard InChI is InChI=1S/C14H14O4/c1-9-4-5-12(13(8-9)16-3)18-14(15)11-6-7-17-10(11)2/h4-8H,1-3H3. The topological polar surface area (TPSA) is 48.7 Å². The highest BCUT2D eigenvalue weighted by Gasteiger charge is 2.16. The zero-order valence-electron chi connectivity index (χ0n) is 10.5. The Labute approximate surface area is 105 Å². The van der Waals surface area contributed by atoms with E-state index in [4.69, 9.17) is 13.9 Å². The van der Waals surface area contributed by atoms with Gasteiger partial charge in [0.1, 0.15) is 11.3 Å². The van der Waals surface area contributed by atoms with Crippen LogP contribution in [0.2, 0.25) is 0 Å². The zero-order chi connectivity index (χ0) is 13.1. The fraction of sp³-hybridized carbons (Fsp3) is 0.214. The highest BCUT2D eigenvalue weighted by molar-refractivity contribution is 5.92. The van der Waals surface area contributed by atoms with Crippen LogP contribution in [0.4, 0.5) is 0 Å². The van der Waals surface area contributed by atoms with Gasteiger partial charge in [-0.2, -0.15) is 0 Å². The van der Waals surface area contributed by atoms with Gasteiger partial charge < -0.3 is 13.9 Å². The number of aryl methyl sites for hydroxylation is 2. The maximum Gasteiger partial charge on any atom is 0.347 e. The van der Waals surface area contributed by atoms with Crippen LogP contribution in [0, 0.1) is 13.8 Å². The fourth-order valence-corrected chi connectivity index (χ4v) is 1.61. The lowest BCUT2D eigenvalue weighted by atomic mass is 10.2. The summed E-state index contributed by atoms with van der Waals surface area (Å²) in [7, 11) is 1.54. The molecule has 0 aliphatic heterocycles. The van der Waals surface area contributed by atoms with E-state index in [9.17, 15) is 4.79 Å². The Morgan fingerprint density at radius 2 is 1.94 bits per heavy atom. The van der Waals surface area contributed by atoms with Crippen LogP contribution < -0.4 is 9.47 Å². The number of benzene rings is 1. The molecule has 2 rings (SSSR count). The lowest BCUT2D eigenvalue weighted by Crippen LogP contribution is -2.09. The van der Waals surface area contributed by atoms with Crippen molar-refractivity contribution in [3.05, 3.63) is 47.4 Å². The summed E-state index contributed by atoms with van der Waals surface area (Å²) in [6.07, 6.45) is 1.46. The largest absolute Gasteiger partial charge is 0.493 e. The maximum absolute atomic E-state index is 11.9. The number of esters is 1.